The fourth-order valence-electron chi connectivity index (χ4n) is 1.91. The summed E-state index contributed by atoms with van der Waals surface area (Å²) >= 11 is 1.75. The van der Waals surface area contributed by atoms with Crippen LogP contribution in [0.4, 0.5) is 5.69 Å². The summed E-state index contributed by atoms with van der Waals surface area (Å²) in [7, 11) is 0. The van der Waals surface area contributed by atoms with E-state index in [2.05, 4.69) is 27.4 Å². The number of anilines is 1. The fourth-order valence-corrected chi connectivity index (χ4v) is 2.71. The van der Waals surface area contributed by atoms with Crippen molar-refractivity contribution in [1.82, 2.24) is 15.2 Å². The summed E-state index contributed by atoms with van der Waals surface area (Å²) in [5, 5.41) is 13.7. The Kier molecular flexibility index (Phi) is 3.37. The third-order valence-electron chi connectivity index (χ3n) is 2.93. The minimum Gasteiger partial charge on any atom is -0.377 e. The molecule has 0 radical (unpaired) electrons. The van der Waals surface area contributed by atoms with Crippen LogP contribution in [-0.2, 0) is 13.0 Å². The summed E-state index contributed by atoms with van der Waals surface area (Å²) in [5.74, 6) is 0. The van der Waals surface area contributed by atoms with E-state index in [1.54, 1.807) is 17.5 Å². The van der Waals surface area contributed by atoms with Gasteiger partial charge in [-0.2, -0.15) is 10.2 Å². The molecule has 5 heteroatoms. The van der Waals surface area contributed by atoms with Crippen LogP contribution in [0.25, 0.3) is 10.9 Å². The number of aromatic nitrogens is 3. The number of hydrogen-bond donors (Lipinski definition) is 1. The van der Waals surface area contributed by atoms with Crippen LogP contribution in [0.2, 0.25) is 0 Å². The second-order valence-corrected chi connectivity index (χ2v) is 5.40. The average Bonchev–Trinajstić information content (AvgIpc) is 2.93. The zero-order valence-electron chi connectivity index (χ0n) is 10.6. The minimum absolute atomic E-state index is 0.723. The summed E-state index contributed by atoms with van der Waals surface area (Å²) < 4.78 is 0. The van der Waals surface area contributed by atoms with Crippen LogP contribution in [0.15, 0.2) is 36.7 Å². The molecule has 0 aliphatic carbocycles. The maximum absolute atomic E-state index is 4.40. The molecule has 0 saturated carbocycles. The normalized spacial score (nSPS) is 10.8. The molecule has 2 heterocycles. The zero-order chi connectivity index (χ0) is 13.1. The first kappa shape index (κ1) is 12.0. The second-order valence-electron chi connectivity index (χ2n) is 4.20. The van der Waals surface area contributed by atoms with E-state index in [-0.39, 0.29) is 0 Å². The van der Waals surface area contributed by atoms with Crippen molar-refractivity contribution in [2.24, 2.45) is 0 Å². The number of nitrogens with one attached hydrogen (secondary N) is 1. The van der Waals surface area contributed by atoms with Gasteiger partial charge in [-0.25, -0.2) is 4.98 Å². The van der Waals surface area contributed by atoms with Crippen molar-refractivity contribution >= 4 is 27.9 Å². The number of rotatable bonds is 4. The molecule has 0 aliphatic heterocycles. The van der Waals surface area contributed by atoms with Crippen LogP contribution < -0.4 is 5.32 Å². The van der Waals surface area contributed by atoms with E-state index in [4.69, 9.17) is 0 Å². The number of thiazole rings is 1. The Hall–Kier alpha value is -2.01. The van der Waals surface area contributed by atoms with Gasteiger partial charge in [0.1, 0.15) is 5.01 Å². The molecule has 96 valence electrons. The predicted molar refractivity (Wildman–Crippen MR) is 78.4 cm³/mol. The molecule has 0 bridgehead atoms. The molecule has 1 aromatic carbocycles. The van der Waals surface area contributed by atoms with E-state index in [1.807, 2.05) is 30.5 Å². The average molecular weight is 270 g/mol. The zero-order valence-corrected chi connectivity index (χ0v) is 11.4. The van der Waals surface area contributed by atoms with Gasteiger partial charge in [0, 0.05) is 16.5 Å². The first-order valence-corrected chi connectivity index (χ1v) is 7.06. The summed E-state index contributed by atoms with van der Waals surface area (Å²) in [5.41, 5.74) is 1.90. The van der Waals surface area contributed by atoms with Crippen LogP contribution >= 0.6 is 11.3 Å². The molecule has 19 heavy (non-hydrogen) atoms. The van der Waals surface area contributed by atoms with Gasteiger partial charge in [0.15, 0.2) is 0 Å². The Bertz CT molecular complexity index is 687. The molecule has 0 spiro atoms. The Morgan fingerprint density at radius 3 is 2.95 bits per heavy atom. The van der Waals surface area contributed by atoms with Gasteiger partial charge in [0.25, 0.3) is 0 Å². The molecule has 0 aliphatic rings. The molecular formula is C14H14N4S. The van der Waals surface area contributed by atoms with Crippen LogP contribution in [0.5, 0.6) is 0 Å². The molecule has 0 atom stereocenters. The third kappa shape index (κ3) is 2.56. The predicted octanol–water partition coefficient (Wildman–Crippen LogP) is 3.26. The van der Waals surface area contributed by atoms with Crippen molar-refractivity contribution in [3.8, 4) is 0 Å². The molecule has 0 saturated heterocycles. The highest BCUT2D eigenvalue weighted by atomic mass is 32.1. The van der Waals surface area contributed by atoms with Gasteiger partial charge in [-0.15, -0.1) is 11.3 Å². The monoisotopic (exact) mass is 270 g/mol. The highest BCUT2D eigenvalue weighted by Gasteiger charge is 2.04. The molecule has 0 amide bonds. The Morgan fingerprint density at radius 1 is 1.21 bits per heavy atom. The van der Waals surface area contributed by atoms with E-state index < -0.39 is 0 Å². The molecule has 0 unspecified atom stereocenters. The molecule has 2 aromatic heterocycles. The molecular weight excluding hydrogens is 256 g/mol. The fraction of sp³-hybridized carbons (Fsp3) is 0.214. The molecule has 3 rings (SSSR count). The SMILES string of the molecule is CCc1cnc(CNc2cnnc3ccccc23)s1. The van der Waals surface area contributed by atoms with E-state index in [9.17, 15) is 0 Å². The van der Waals surface area contributed by atoms with Crippen LogP contribution in [0.1, 0.15) is 16.8 Å². The smallest absolute Gasteiger partial charge is 0.112 e. The number of benzene rings is 1. The van der Waals surface area contributed by atoms with E-state index >= 15 is 0 Å². The van der Waals surface area contributed by atoms with Gasteiger partial charge in [-0.05, 0) is 12.5 Å². The van der Waals surface area contributed by atoms with Crippen molar-refractivity contribution in [2.75, 3.05) is 5.32 Å². The Morgan fingerprint density at radius 2 is 2.11 bits per heavy atom. The van der Waals surface area contributed by atoms with Gasteiger partial charge < -0.3 is 5.32 Å². The quantitative estimate of drug-likeness (QED) is 0.790. The van der Waals surface area contributed by atoms with Crippen molar-refractivity contribution in [3.05, 3.63) is 46.5 Å². The van der Waals surface area contributed by atoms with Crippen molar-refractivity contribution < 1.29 is 0 Å². The first-order valence-electron chi connectivity index (χ1n) is 6.24. The van der Waals surface area contributed by atoms with Crippen molar-refractivity contribution in [3.63, 3.8) is 0 Å². The number of nitrogens with zero attached hydrogens (tertiary/aromatic N) is 3. The van der Waals surface area contributed by atoms with Crippen LogP contribution in [-0.4, -0.2) is 15.2 Å². The van der Waals surface area contributed by atoms with Gasteiger partial charge in [-0.1, -0.05) is 25.1 Å². The summed E-state index contributed by atoms with van der Waals surface area (Å²) in [6.45, 7) is 2.87. The Balaban J connectivity index is 1.81. The van der Waals surface area contributed by atoms with Crippen LogP contribution in [0.3, 0.4) is 0 Å². The van der Waals surface area contributed by atoms with Gasteiger partial charge in [0.05, 0.1) is 23.9 Å². The largest absolute Gasteiger partial charge is 0.377 e. The maximum Gasteiger partial charge on any atom is 0.112 e. The molecule has 3 aromatic rings. The maximum atomic E-state index is 4.40. The molecule has 1 N–H and O–H groups in total. The Labute approximate surface area is 115 Å². The standard InChI is InChI=1S/C14H14N4S/c1-2-10-7-16-14(19-10)9-15-13-8-17-18-12-6-4-3-5-11(12)13/h3-8H,2,9H2,1H3,(H,15,18). The molecule has 4 nitrogen and oxygen atoms in total. The highest BCUT2D eigenvalue weighted by molar-refractivity contribution is 7.11. The van der Waals surface area contributed by atoms with Crippen molar-refractivity contribution in [1.29, 1.82) is 0 Å². The second kappa shape index (κ2) is 5.32. The third-order valence-corrected chi connectivity index (χ3v) is 4.07. The van der Waals surface area contributed by atoms with Gasteiger partial charge >= 0.3 is 0 Å². The van der Waals surface area contributed by atoms with E-state index in [0.29, 0.717) is 0 Å². The lowest BCUT2D eigenvalue weighted by Crippen LogP contribution is -2.00. The summed E-state index contributed by atoms with van der Waals surface area (Å²) in [6, 6.07) is 7.99. The first-order chi connectivity index (χ1) is 9.36. The number of hydrogen-bond acceptors (Lipinski definition) is 5. The lowest BCUT2D eigenvalue weighted by atomic mass is 10.2. The number of aryl methyl sites for hydroxylation is 1. The lowest BCUT2D eigenvalue weighted by molar-refractivity contribution is 1.05. The summed E-state index contributed by atoms with van der Waals surface area (Å²) in [6.07, 6.45) is 4.75. The van der Waals surface area contributed by atoms with Crippen LogP contribution in [0, 0.1) is 0 Å². The van der Waals surface area contributed by atoms with Gasteiger partial charge in [0.2, 0.25) is 0 Å². The molecule has 0 fully saturated rings. The topological polar surface area (TPSA) is 50.7 Å². The number of fused-ring (bicyclic) bond motifs is 1. The van der Waals surface area contributed by atoms with Crippen molar-refractivity contribution in [2.45, 2.75) is 19.9 Å². The highest BCUT2D eigenvalue weighted by Crippen LogP contribution is 2.21. The van der Waals surface area contributed by atoms with E-state index in [0.717, 1.165) is 34.6 Å². The minimum atomic E-state index is 0.723. The lowest BCUT2D eigenvalue weighted by Gasteiger charge is -2.06. The van der Waals surface area contributed by atoms with E-state index in [1.165, 1.54) is 4.88 Å². The van der Waals surface area contributed by atoms with Gasteiger partial charge in [-0.3, -0.25) is 0 Å². The summed E-state index contributed by atoms with van der Waals surface area (Å²) in [4.78, 5) is 5.72.